The molecule has 20 heavy (non-hydrogen) atoms. The minimum atomic E-state index is -0.166. The Kier molecular flexibility index (Phi) is 5.26. The van der Waals surface area contributed by atoms with E-state index in [-0.39, 0.29) is 5.91 Å². The van der Waals surface area contributed by atoms with Crippen LogP contribution in [0.5, 0.6) is 0 Å². The highest BCUT2D eigenvalue weighted by molar-refractivity contribution is 5.92. The van der Waals surface area contributed by atoms with Gasteiger partial charge in [0.25, 0.3) is 5.91 Å². The highest BCUT2D eigenvalue weighted by atomic mass is 16.5. The van der Waals surface area contributed by atoms with Gasteiger partial charge in [-0.15, -0.1) is 0 Å². The molecule has 1 amide bonds. The fourth-order valence-corrected chi connectivity index (χ4v) is 2.25. The predicted molar refractivity (Wildman–Crippen MR) is 78.5 cm³/mol. The van der Waals surface area contributed by atoms with Gasteiger partial charge in [-0.3, -0.25) is 9.78 Å². The molecule has 0 bridgehead atoms. The summed E-state index contributed by atoms with van der Waals surface area (Å²) in [4.78, 5) is 16.1. The van der Waals surface area contributed by atoms with Gasteiger partial charge < -0.3 is 15.4 Å². The van der Waals surface area contributed by atoms with Crippen LogP contribution in [0.4, 0.5) is 0 Å². The van der Waals surface area contributed by atoms with Crippen LogP contribution < -0.4 is 10.6 Å². The van der Waals surface area contributed by atoms with Crippen LogP contribution in [0.2, 0.25) is 0 Å². The summed E-state index contributed by atoms with van der Waals surface area (Å²) in [6.07, 6.45) is 3.96. The van der Waals surface area contributed by atoms with Gasteiger partial charge in [-0.25, -0.2) is 0 Å². The summed E-state index contributed by atoms with van der Waals surface area (Å²) in [5.41, 5.74) is 2.82. The molecule has 0 saturated heterocycles. The molecule has 0 aromatic carbocycles. The first-order valence-electron chi connectivity index (χ1n) is 6.86. The summed E-state index contributed by atoms with van der Waals surface area (Å²) in [5.74, 6) is 0.299. The number of aromatic nitrogens is 1. The largest absolute Gasteiger partial charge is 0.383 e. The fraction of sp³-hybridized carbons (Fsp3) is 0.467. The third-order valence-corrected chi connectivity index (χ3v) is 3.37. The van der Waals surface area contributed by atoms with Gasteiger partial charge in [-0.05, 0) is 23.1 Å². The second-order valence-electron chi connectivity index (χ2n) is 4.90. The van der Waals surface area contributed by atoms with Crippen LogP contribution in [0.1, 0.15) is 23.0 Å². The Bertz CT molecular complexity index is 482. The molecule has 0 radical (unpaired) electrons. The number of hydrogen-bond donors (Lipinski definition) is 2. The Morgan fingerprint density at radius 3 is 3.05 bits per heavy atom. The van der Waals surface area contributed by atoms with Gasteiger partial charge in [0.1, 0.15) is 5.69 Å². The minimum Gasteiger partial charge on any atom is -0.383 e. The number of rotatable bonds is 5. The zero-order chi connectivity index (χ0) is 14.4. The highest BCUT2D eigenvalue weighted by Gasteiger charge is 2.15. The smallest absolute Gasteiger partial charge is 0.269 e. The Balaban J connectivity index is 2.02. The zero-order valence-corrected chi connectivity index (χ0v) is 12.0. The third kappa shape index (κ3) is 3.65. The third-order valence-electron chi connectivity index (χ3n) is 3.37. The van der Waals surface area contributed by atoms with E-state index in [1.165, 1.54) is 5.57 Å². The average Bonchev–Trinajstić information content (AvgIpc) is 2.48. The van der Waals surface area contributed by atoms with E-state index in [9.17, 15) is 4.79 Å². The van der Waals surface area contributed by atoms with Crippen LogP contribution >= 0.6 is 0 Å². The van der Waals surface area contributed by atoms with E-state index in [1.807, 2.05) is 6.07 Å². The van der Waals surface area contributed by atoms with E-state index >= 15 is 0 Å². The van der Waals surface area contributed by atoms with Gasteiger partial charge in [-0.2, -0.15) is 0 Å². The van der Waals surface area contributed by atoms with Gasteiger partial charge in [0.05, 0.1) is 6.61 Å². The van der Waals surface area contributed by atoms with Crippen molar-refractivity contribution in [2.75, 3.05) is 33.4 Å². The van der Waals surface area contributed by atoms with Crippen LogP contribution in [-0.4, -0.2) is 44.2 Å². The first kappa shape index (κ1) is 14.7. The maximum Gasteiger partial charge on any atom is 0.269 e. The number of methoxy groups -OCH3 is 1. The van der Waals surface area contributed by atoms with Crippen molar-refractivity contribution in [3.05, 3.63) is 35.7 Å². The maximum atomic E-state index is 11.8. The Morgan fingerprint density at radius 1 is 1.55 bits per heavy atom. The lowest BCUT2D eigenvalue weighted by Gasteiger charge is -2.21. The summed E-state index contributed by atoms with van der Waals surface area (Å²) in [5, 5.41) is 6.08. The Labute approximate surface area is 119 Å². The van der Waals surface area contributed by atoms with E-state index < -0.39 is 0 Å². The summed E-state index contributed by atoms with van der Waals surface area (Å²) in [6.45, 7) is 5.04. The average molecular weight is 275 g/mol. The molecule has 2 rings (SSSR count). The number of carbonyl (C=O) groups excluding carboxylic acids is 1. The lowest BCUT2D eigenvalue weighted by molar-refractivity contribution is 0.0932. The van der Waals surface area contributed by atoms with Crippen molar-refractivity contribution in [3.8, 4) is 0 Å². The van der Waals surface area contributed by atoms with E-state index in [0.717, 1.165) is 18.7 Å². The van der Waals surface area contributed by atoms with Crippen LogP contribution in [0.3, 0.4) is 0 Å². The van der Waals surface area contributed by atoms with Crippen molar-refractivity contribution in [1.29, 1.82) is 0 Å². The number of nitrogens with zero attached hydrogens (tertiary/aromatic N) is 1. The Morgan fingerprint density at radius 2 is 2.40 bits per heavy atom. The minimum absolute atomic E-state index is 0.166. The molecule has 5 nitrogen and oxygen atoms in total. The lowest BCUT2D eigenvalue weighted by atomic mass is 9.92. The molecule has 1 aliphatic heterocycles. The number of carbonyl (C=O) groups is 1. The van der Waals surface area contributed by atoms with E-state index in [2.05, 4.69) is 28.6 Å². The second-order valence-corrected chi connectivity index (χ2v) is 4.90. The predicted octanol–water partition coefficient (Wildman–Crippen LogP) is 1.08. The summed E-state index contributed by atoms with van der Waals surface area (Å²) in [7, 11) is 1.60. The molecule has 1 aromatic rings. The molecule has 0 saturated carbocycles. The van der Waals surface area contributed by atoms with Crippen molar-refractivity contribution >= 4 is 11.5 Å². The van der Waals surface area contributed by atoms with E-state index in [1.54, 1.807) is 19.4 Å². The molecule has 2 N–H and O–H groups in total. The molecule has 1 aromatic heterocycles. The molecule has 0 spiro atoms. The van der Waals surface area contributed by atoms with Gasteiger partial charge in [-0.1, -0.05) is 19.1 Å². The van der Waals surface area contributed by atoms with Gasteiger partial charge >= 0.3 is 0 Å². The number of ether oxygens (including phenoxy) is 1. The summed E-state index contributed by atoms with van der Waals surface area (Å²) in [6, 6.07) is 3.74. The molecule has 108 valence electrons. The number of amides is 1. The Hall–Kier alpha value is -1.72. The van der Waals surface area contributed by atoms with Crippen molar-refractivity contribution in [2.24, 2.45) is 5.92 Å². The topological polar surface area (TPSA) is 63.2 Å². The lowest BCUT2D eigenvalue weighted by Crippen LogP contribution is -2.28. The quantitative estimate of drug-likeness (QED) is 0.789. The molecular formula is C15H21N3O2. The number of hydrogen-bond acceptors (Lipinski definition) is 4. The molecule has 1 atom stereocenters. The van der Waals surface area contributed by atoms with Crippen LogP contribution in [0, 0.1) is 5.92 Å². The first-order chi connectivity index (χ1) is 9.72. The molecule has 1 unspecified atom stereocenters. The number of nitrogens with one attached hydrogen (secondary N) is 2. The van der Waals surface area contributed by atoms with E-state index in [4.69, 9.17) is 4.74 Å². The maximum absolute atomic E-state index is 11.8. The van der Waals surface area contributed by atoms with Gasteiger partial charge in [0.2, 0.25) is 0 Å². The molecule has 1 aliphatic rings. The SMILES string of the molecule is COCCNC(=O)c1ccc(C2=CCNCC2C)cn1. The van der Waals surface area contributed by atoms with Crippen LogP contribution in [0.15, 0.2) is 24.4 Å². The van der Waals surface area contributed by atoms with Crippen molar-refractivity contribution in [1.82, 2.24) is 15.6 Å². The molecule has 0 aliphatic carbocycles. The molecule has 0 fully saturated rings. The van der Waals surface area contributed by atoms with Crippen molar-refractivity contribution in [3.63, 3.8) is 0 Å². The summed E-state index contributed by atoms with van der Waals surface area (Å²) < 4.78 is 4.89. The number of pyridine rings is 1. The monoisotopic (exact) mass is 275 g/mol. The van der Waals surface area contributed by atoms with Crippen LogP contribution in [0.25, 0.3) is 5.57 Å². The van der Waals surface area contributed by atoms with Crippen molar-refractivity contribution < 1.29 is 9.53 Å². The molecular weight excluding hydrogens is 254 g/mol. The zero-order valence-electron chi connectivity index (χ0n) is 12.0. The normalized spacial score (nSPS) is 18.5. The first-order valence-corrected chi connectivity index (χ1v) is 6.86. The van der Waals surface area contributed by atoms with E-state index in [0.29, 0.717) is 24.8 Å². The van der Waals surface area contributed by atoms with Crippen LogP contribution in [-0.2, 0) is 4.74 Å². The molecule has 5 heteroatoms. The standard InChI is InChI=1S/C15H21N3O2/c1-11-9-16-6-5-13(11)12-3-4-14(18-10-12)15(19)17-7-8-20-2/h3-5,10-11,16H,6-9H2,1-2H3,(H,17,19). The highest BCUT2D eigenvalue weighted by Crippen LogP contribution is 2.24. The molecule has 2 heterocycles. The fourth-order valence-electron chi connectivity index (χ4n) is 2.25. The van der Waals surface area contributed by atoms with Crippen molar-refractivity contribution in [2.45, 2.75) is 6.92 Å². The van der Waals surface area contributed by atoms with Gasteiger partial charge in [0, 0.05) is 32.9 Å². The summed E-state index contributed by atoms with van der Waals surface area (Å²) >= 11 is 0. The van der Waals surface area contributed by atoms with Gasteiger partial charge in [0.15, 0.2) is 0 Å². The second kappa shape index (κ2) is 7.17.